The average molecular weight is 452 g/mol. The number of ether oxygens (including phenoxy) is 1. The van der Waals surface area contributed by atoms with Crippen molar-refractivity contribution in [2.75, 3.05) is 6.61 Å². The minimum atomic E-state index is -0.711. The number of carboxylic acids is 1. The summed E-state index contributed by atoms with van der Waals surface area (Å²) in [7, 11) is 0. The third kappa shape index (κ3) is 8.76. The second-order valence-electron chi connectivity index (χ2n) is 8.32. The highest BCUT2D eigenvalue weighted by Gasteiger charge is 2.17. The number of benzene rings is 1. The van der Waals surface area contributed by atoms with Crippen molar-refractivity contribution in [3.63, 3.8) is 0 Å². The van der Waals surface area contributed by atoms with Gasteiger partial charge in [-0.2, -0.15) is 0 Å². The largest absolute Gasteiger partial charge is 0.501 e. The van der Waals surface area contributed by atoms with Gasteiger partial charge in [-0.05, 0) is 62.0 Å². The van der Waals surface area contributed by atoms with Crippen LogP contribution < -0.4 is 0 Å². The van der Waals surface area contributed by atoms with Gasteiger partial charge in [-0.15, -0.1) is 0 Å². The summed E-state index contributed by atoms with van der Waals surface area (Å²) < 4.78 is 11.8. The fourth-order valence-corrected chi connectivity index (χ4v) is 3.64. The summed E-state index contributed by atoms with van der Waals surface area (Å²) >= 11 is 0. The van der Waals surface area contributed by atoms with Gasteiger partial charge in [-0.1, -0.05) is 51.1 Å². The van der Waals surface area contributed by atoms with Crippen molar-refractivity contribution >= 4 is 5.97 Å². The van der Waals surface area contributed by atoms with Crippen LogP contribution in [0.4, 0.5) is 0 Å². The Kier molecular flexibility index (Phi) is 11.2. The highest BCUT2D eigenvalue weighted by atomic mass is 16.5. The minimum absolute atomic E-state index is 0.292. The van der Waals surface area contributed by atoms with Crippen LogP contribution in [0.2, 0.25) is 0 Å². The van der Waals surface area contributed by atoms with Gasteiger partial charge >= 0.3 is 5.97 Å². The maximum absolute atomic E-state index is 9.60. The van der Waals surface area contributed by atoms with E-state index in [2.05, 4.69) is 39.0 Å². The van der Waals surface area contributed by atoms with E-state index < -0.39 is 5.97 Å². The van der Waals surface area contributed by atoms with Gasteiger partial charge in [0, 0.05) is 24.3 Å². The molecule has 1 aromatic heterocycles. The van der Waals surface area contributed by atoms with E-state index in [0.29, 0.717) is 24.8 Å². The lowest BCUT2D eigenvalue weighted by atomic mass is 10.1. The summed E-state index contributed by atoms with van der Waals surface area (Å²) in [4.78, 5) is 14.3. The predicted octanol–water partition coefficient (Wildman–Crippen LogP) is 7.47. The van der Waals surface area contributed by atoms with Crippen LogP contribution in [-0.2, 0) is 16.0 Å². The zero-order valence-corrected chi connectivity index (χ0v) is 20.3. The number of carbonyl (C=O) groups is 1. The Morgan fingerprint density at radius 2 is 1.88 bits per heavy atom. The first-order valence-electron chi connectivity index (χ1n) is 11.9. The van der Waals surface area contributed by atoms with E-state index in [1.165, 1.54) is 24.0 Å². The van der Waals surface area contributed by atoms with E-state index in [4.69, 9.17) is 19.2 Å². The fraction of sp³-hybridized carbons (Fsp3) is 0.429. The Balaban J connectivity index is 0.000000569. The average Bonchev–Trinajstić information content (AvgIpc) is 3.42. The van der Waals surface area contributed by atoms with Crippen LogP contribution >= 0.6 is 0 Å². The number of oxazole rings is 1. The van der Waals surface area contributed by atoms with Crippen molar-refractivity contribution in [3.05, 3.63) is 77.4 Å². The number of hydrogen-bond donors (Lipinski definition) is 1. The molecule has 0 bridgehead atoms. The molecule has 1 heterocycles. The molecule has 0 unspecified atom stereocenters. The molecule has 1 aliphatic carbocycles. The number of nitrogens with zero attached hydrogens (tertiary/aromatic N) is 1. The summed E-state index contributed by atoms with van der Waals surface area (Å²) in [6, 6.07) is 10.1. The predicted molar refractivity (Wildman–Crippen MR) is 133 cm³/mol. The topological polar surface area (TPSA) is 72.6 Å². The molecule has 3 rings (SSSR count). The van der Waals surface area contributed by atoms with Crippen molar-refractivity contribution in [2.24, 2.45) is 0 Å². The molecule has 178 valence electrons. The number of aliphatic carboxylic acids is 1. The van der Waals surface area contributed by atoms with Gasteiger partial charge < -0.3 is 14.3 Å². The molecule has 5 nitrogen and oxygen atoms in total. The number of aromatic nitrogens is 1. The quantitative estimate of drug-likeness (QED) is 0.300. The van der Waals surface area contributed by atoms with Gasteiger partial charge in [-0.3, -0.25) is 4.79 Å². The smallest absolute Gasteiger partial charge is 0.303 e. The monoisotopic (exact) mass is 451 g/mol. The molecule has 0 saturated carbocycles. The van der Waals surface area contributed by atoms with Crippen LogP contribution in [0.15, 0.2) is 70.4 Å². The van der Waals surface area contributed by atoms with Crippen molar-refractivity contribution in [2.45, 2.75) is 72.1 Å². The molecule has 0 radical (unpaired) electrons. The van der Waals surface area contributed by atoms with Crippen LogP contribution in [0.5, 0.6) is 0 Å². The first-order chi connectivity index (χ1) is 16.0. The van der Waals surface area contributed by atoms with E-state index >= 15 is 0 Å². The molecule has 0 aliphatic heterocycles. The first kappa shape index (κ1) is 26.2. The van der Waals surface area contributed by atoms with Crippen molar-refractivity contribution in [1.82, 2.24) is 4.98 Å². The maximum atomic E-state index is 9.60. The summed E-state index contributed by atoms with van der Waals surface area (Å²) in [5, 5.41) is 7.91. The number of allylic oxidation sites excluding steroid dienone is 5. The van der Waals surface area contributed by atoms with Crippen molar-refractivity contribution in [1.29, 1.82) is 0 Å². The Bertz CT molecular complexity index is 952. The van der Waals surface area contributed by atoms with Crippen LogP contribution in [0.1, 0.15) is 77.2 Å². The van der Waals surface area contributed by atoms with E-state index in [1.807, 2.05) is 43.5 Å². The lowest BCUT2D eigenvalue weighted by molar-refractivity contribution is -0.137. The highest BCUT2D eigenvalue weighted by Crippen LogP contribution is 2.28. The summed E-state index contributed by atoms with van der Waals surface area (Å²) in [6.45, 7) is 8.78. The SMILES string of the molecule is C/C=C\C1=C(/C=C/OCCc2nc(-c3ccccc3)oc2C(C)C)CCC1.CCCC(=O)O. The minimum Gasteiger partial charge on any atom is -0.501 e. The van der Waals surface area contributed by atoms with Gasteiger partial charge in [0.2, 0.25) is 5.89 Å². The van der Waals surface area contributed by atoms with Gasteiger partial charge in [0.15, 0.2) is 0 Å². The summed E-state index contributed by atoms with van der Waals surface area (Å²) in [5.41, 5.74) is 4.83. The van der Waals surface area contributed by atoms with Crippen molar-refractivity contribution in [3.8, 4) is 11.5 Å². The number of hydrogen-bond acceptors (Lipinski definition) is 4. The molecular formula is C28H37NO4. The molecular weight excluding hydrogens is 414 g/mol. The van der Waals surface area contributed by atoms with Gasteiger partial charge in [-0.25, -0.2) is 4.98 Å². The molecule has 2 aromatic rings. The van der Waals surface area contributed by atoms with E-state index in [0.717, 1.165) is 36.3 Å². The maximum Gasteiger partial charge on any atom is 0.303 e. The summed E-state index contributed by atoms with van der Waals surface area (Å²) in [6.07, 6.45) is 13.6. The highest BCUT2D eigenvalue weighted by molar-refractivity contribution is 5.66. The Hall–Kier alpha value is -3.08. The lowest BCUT2D eigenvalue weighted by Crippen LogP contribution is -1.99. The second-order valence-corrected chi connectivity index (χ2v) is 8.32. The molecule has 0 amide bonds. The van der Waals surface area contributed by atoms with E-state index in [1.54, 1.807) is 0 Å². The van der Waals surface area contributed by atoms with Crippen LogP contribution in [-0.4, -0.2) is 22.7 Å². The molecule has 1 N–H and O–H groups in total. The van der Waals surface area contributed by atoms with Gasteiger partial charge in [0.05, 0.1) is 18.6 Å². The Morgan fingerprint density at radius 1 is 1.18 bits per heavy atom. The molecule has 1 aromatic carbocycles. The fourth-order valence-electron chi connectivity index (χ4n) is 3.64. The number of carboxylic acid groups (broad SMARTS) is 1. The number of rotatable bonds is 10. The second kappa shape index (κ2) is 14.1. The molecule has 1 aliphatic rings. The van der Waals surface area contributed by atoms with Gasteiger partial charge in [0.1, 0.15) is 5.76 Å². The molecule has 0 fully saturated rings. The van der Waals surface area contributed by atoms with Crippen LogP contribution in [0, 0.1) is 0 Å². The Labute approximate surface area is 197 Å². The van der Waals surface area contributed by atoms with E-state index in [9.17, 15) is 4.79 Å². The van der Waals surface area contributed by atoms with Crippen molar-refractivity contribution < 1.29 is 19.1 Å². The zero-order valence-electron chi connectivity index (χ0n) is 20.3. The molecule has 0 atom stereocenters. The summed E-state index contributed by atoms with van der Waals surface area (Å²) in [5.74, 6) is 1.23. The van der Waals surface area contributed by atoms with E-state index in [-0.39, 0.29) is 0 Å². The molecule has 5 heteroatoms. The van der Waals surface area contributed by atoms with Crippen LogP contribution in [0.3, 0.4) is 0 Å². The lowest BCUT2D eigenvalue weighted by Gasteiger charge is -2.04. The van der Waals surface area contributed by atoms with Gasteiger partial charge in [0.25, 0.3) is 0 Å². The zero-order chi connectivity index (χ0) is 24.1. The van der Waals surface area contributed by atoms with Crippen LogP contribution in [0.25, 0.3) is 11.5 Å². The standard InChI is InChI=1S/C24H29NO2.C4H8O2/c1-4-9-19-12-8-13-20(19)14-16-26-17-15-22-23(18(2)3)27-24(25-22)21-10-6-5-7-11-21;1-2-3-4(5)6/h4-7,9-11,14,16,18H,8,12-13,15,17H2,1-3H3;2-3H2,1H3,(H,5,6)/b9-4-,16-14+;. The molecule has 0 spiro atoms. The third-order valence-electron chi connectivity index (χ3n) is 5.23. The first-order valence-corrected chi connectivity index (χ1v) is 11.9. The third-order valence-corrected chi connectivity index (χ3v) is 5.23. The normalized spacial score (nSPS) is 13.7. The Morgan fingerprint density at radius 3 is 2.45 bits per heavy atom. The molecule has 0 saturated heterocycles. The molecule has 33 heavy (non-hydrogen) atoms.